The molecule has 0 fully saturated rings. The van der Waals surface area contributed by atoms with Gasteiger partial charge in [-0.15, -0.1) is 0 Å². The lowest BCUT2D eigenvalue weighted by atomic mass is 10.1. The van der Waals surface area contributed by atoms with Crippen LogP contribution in [0, 0.1) is 6.92 Å². The van der Waals surface area contributed by atoms with Gasteiger partial charge in [-0.05, 0) is 31.2 Å². The number of benzene rings is 2. The molecule has 0 atom stereocenters. The van der Waals surface area contributed by atoms with E-state index in [9.17, 15) is 18.0 Å². The first-order chi connectivity index (χ1) is 9.40. The topological polar surface area (TPSA) is 17.1 Å². The minimum Gasteiger partial charge on any atom is -0.298 e. The standard InChI is InChI=1S/C15H11F3OS/c1-10-3-2-4-12(7-10)20-14-6-5-11(9-19)8-13(14)15(16,17)18/h2-9H,1H3. The first-order valence-corrected chi connectivity index (χ1v) is 6.63. The SMILES string of the molecule is Cc1cccc(Sc2ccc(C=O)cc2C(F)(F)F)c1. The maximum Gasteiger partial charge on any atom is 0.417 e. The normalized spacial score (nSPS) is 11.4. The molecule has 0 unspecified atom stereocenters. The summed E-state index contributed by atoms with van der Waals surface area (Å²) in [6.45, 7) is 1.88. The summed E-state index contributed by atoms with van der Waals surface area (Å²) in [5.74, 6) is 0. The molecular weight excluding hydrogens is 285 g/mol. The van der Waals surface area contributed by atoms with Gasteiger partial charge in [-0.1, -0.05) is 35.5 Å². The van der Waals surface area contributed by atoms with Crippen LogP contribution in [0.2, 0.25) is 0 Å². The van der Waals surface area contributed by atoms with Gasteiger partial charge in [0.15, 0.2) is 0 Å². The summed E-state index contributed by atoms with van der Waals surface area (Å²) < 4.78 is 39.1. The highest BCUT2D eigenvalue weighted by Crippen LogP contribution is 2.39. The first-order valence-electron chi connectivity index (χ1n) is 5.81. The van der Waals surface area contributed by atoms with Crippen molar-refractivity contribution >= 4 is 18.0 Å². The molecule has 0 aliphatic heterocycles. The number of rotatable bonds is 3. The van der Waals surface area contributed by atoms with Crippen LogP contribution in [0.15, 0.2) is 52.3 Å². The van der Waals surface area contributed by atoms with Gasteiger partial charge < -0.3 is 0 Å². The maximum atomic E-state index is 13.0. The van der Waals surface area contributed by atoms with Crippen molar-refractivity contribution < 1.29 is 18.0 Å². The molecule has 0 radical (unpaired) electrons. The Balaban J connectivity index is 2.43. The molecule has 0 spiro atoms. The fourth-order valence-electron chi connectivity index (χ4n) is 1.74. The van der Waals surface area contributed by atoms with Gasteiger partial charge >= 0.3 is 6.18 Å². The fourth-order valence-corrected chi connectivity index (χ4v) is 2.80. The van der Waals surface area contributed by atoms with Crippen LogP contribution >= 0.6 is 11.8 Å². The molecule has 0 amide bonds. The van der Waals surface area contributed by atoms with E-state index in [2.05, 4.69) is 0 Å². The van der Waals surface area contributed by atoms with Crippen molar-refractivity contribution in [1.82, 2.24) is 0 Å². The Hall–Kier alpha value is -1.75. The number of carbonyl (C=O) groups excluding carboxylic acids is 1. The van der Waals surface area contributed by atoms with Crippen LogP contribution in [0.1, 0.15) is 21.5 Å². The van der Waals surface area contributed by atoms with Crippen LogP contribution < -0.4 is 0 Å². The van der Waals surface area contributed by atoms with Gasteiger partial charge in [-0.3, -0.25) is 4.79 Å². The number of hydrogen-bond donors (Lipinski definition) is 0. The molecule has 1 nitrogen and oxygen atoms in total. The van der Waals surface area contributed by atoms with Gasteiger partial charge in [0.25, 0.3) is 0 Å². The van der Waals surface area contributed by atoms with E-state index in [4.69, 9.17) is 0 Å². The van der Waals surface area contributed by atoms with Crippen LogP contribution in [-0.2, 0) is 6.18 Å². The lowest BCUT2D eigenvalue weighted by Crippen LogP contribution is -2.07. The van der Waals surface area contributed by atoms with Crippen LogP contribution in [0.5, 0.6) is 0 Å². The Morgan fingerprint density at radius 2 is 1.85 bits per heavy atom. The van der Waals surface area contributed by atoms with Crippen molar-refractivity contribution in [3.63, 3.8) is 0 Å². The average molecular weight is 296 g/mol. The zero-order chi connectivity index (χ0) is 14.8. The van der Waals surface area contributed by atoms with Crippen molar-refractivity contribution in [2.24, 2.45) is 0 Å². The summed E-state index contributed by atoms with van der Waals surface area (Å²) in [6.07, 6.45) is -4.07. The molecule has 0 N–H and O–H groups in total. The van der Waals surface area contributed by atoms with E-state index in [-0.39, 0.29) is 10.5 Å². The van der Waals surface area contributed by atoms with Crippen LogP contribution in [0.25, 0.3) is 0 Å². The highest BCUT2D eigenvalue weighted by atomic mass is 32.2. The molecule has 5 heteroatoms. The molecule has 0 heterocycles. The van der Waals surface area contributed by atoms with Crippen molar-refractivity contribution in [2.45, 2.75) is 22.9 Å². The van der Waals surface area contributed by atoms with Crippen molar-refractivity contribution in [3.05, 3.63) is 59.2 Å². The molecular formula is C15H11F3OS. The number of halogens is 3. The summed E-state index contributed by atoms with van der Waals surface area (Å²) in [5.41, 5.74) is 0.215. The predicted molar refractivity (Wildman–Crippen MR) is 72.1 cm³/mol. The first kappa shape index (κ1) is 14.7. The second-order valence-electron chi connectivity index (χ2n) is 4.29. The number of alkyl halides is 3. The third-order valence-corrected chi connectivity index (χ3v) is 3.73. The van der Waals surface area contributed by atoms with E-state index in [0.717, 1.165) is 28.3 Å². The van der Waals surface area contributed by atoms with E-state index in [1.165, 1.54) is 12.1 Å². The number of aldehydes is 1. The molecule has 104 valence electrons. The highest BCUT2D eigenvalue weighted by molar-refractivity contribution is 7.99. The maximum absolute atomic E-state index is 13.0. The van der Waals surface area contributed by atoms with E-state index in [1.54, 1.807) is 12.1 Å². The van der Waals surface area contributed by atoms with Gasteiger partial charge in [0.05, 0.1) is 5.56 Å². The van der Waals surface area contributed by atoms with Gasteiger partial charge in [-0.25, -0.2) is 0 Å². The van der Waals surface area contributed by atoms with Gasteiger partial charge in [-0.2, -0.15) is 13.2 Å². The number of carbonyl (C=O) groups is 1. The Morgan fingerprint density at radius 1 is 1.10 bits per heavy atom. The van der Waals surface area contributed by atoms with Crippen molar-refractivity contribution in [2.75, 3.05) is 0 Å². The minimum absolute atomic E-state index is 0.0194. The lowest BCUT2D eigenvalue weighted by Gasteiger charge is -2.13. The second-order valence-corrected chi connectivity index (χ2v) is 5.41. The minimum atomic E-state index is -4.48. The summed E-state index contributed by atoms with van der Waals surface area (Å²) in [6, 6.07) is 10.9. The van der Waals surface area contributed by atoms with Gasteiger partial charge in [0.1, 0.15) is 6.29 Å². The smallest absolute Gasteiger partial charge is 0.298 e. The fraction of sp³-hybridized carbons (Fsp3) is 0.133. The molecule has 20 heavy (non-hydrogen) atoms. The third-order valence-electron chi connectivity index (χ3n) is 2.66. The Labute approximate surface area is 118 Å². The largest absolute Gasteiger partial charge is 0.417 e. The molecule has 0 bridgehead atoms. The Bertz CT molecular complexity index is 635. The zero-order valence-corrected chi connectivity index (χ0v) is 11.4. The zero-order valence-electron chi connectivity index (χ0n) is 10.6. The Morgan fingerprint density at radius 3 is 2.45 bits per heavy atom. The molecule has 0 saturated heterocycles. The number of hydrogen-bond acceptors (Lipinski definition) is 2. The van der Waals surface area contributed by atoms with E-state index < -0.39 is 11.7 Å². The molecule has 2 rings (SSSR count). The summed E-state index contributed by atoms with van der Waals surface area (Å²) >= 11 is 1.04. The number of aryl methyl sites for hydroxylation is 1. The van der Waals surface area contributed by atoms with Gasteiger partial charge in [0, 0.05) is 15.4 Å². The highest BCUT2D eigenvalue weighted by Gasteiger charge is 2.33. The van der Waals surface area contributed by atoms with E-state index >= 15 is 0 Å². The molecule has 0 aliphatic rings. The molecule has 0 aromatic heterocycles. The van der Waals surface area contributed by atoms with Crippen molar-refractivity contribution in [3.8, 4) is 0 Å². The average Bonchev–Trinajstić information content (AvgIpc) is 2.38. The Kier molecular flexibility index (Phi) is 4.18. The summed E-state index contributed by atoms with van der Waals surface area (Å²) in [5, 5.41) is 0. The third kappa shape index (κ3) is 3.42. The van der Waals surface area contributed by atoms with Crippen LogP contribution in [0.4, 0.5) is 13.2 Å². The van der Waals surface area contributed by atoms with Crippen molar-refractivity contribution in [1.29, 1.82) is 0 Å². The quantitative estimate of drug-likeness (QED) is 0.743. The lowest BCUT2D eigenvalue weighted by molar-refractivity contribution is -0.139. The molecule has 2 aromatic rings. The monoisotopic (exact) mass is 296 g/mol. The summed E-state index contributed by atoms with van der Waals surface area (Å²) in [4.78, 5) is 11.4. The predicted octanol–water partition coefficient (Wildman–Crippen LogP) is 4.98. The molecule has 0 aliphatic carbocycles. The van der Waals surface area contributed by atoms with Crippen LogP contribution in [-0.4, -0.2) is 6.29 Å². The van der Waals surface area contributed by atoms with Crippen LogP contribution in [0.3, 0.4) is 0 Å². The summed E-state index contributed by atoms with van der Waals surface area (Å²) in [7, 11) is 0. The molecule has 2 aromatic carbocycles. The van der Waals surface area contributed by atoms with E-state index in [1.807, 2.05) is 19.1 Å². The van der Waals surface area contributed by atoms with Gasteiger partial charge in [0.2, 0.25) is 0 Å². The van der Waals surface area contributed by atoms with E-state index in [0.29, 0.717) is 6.29 Å². The molecule has 0 saturated carbocycles. The second kappa shape index (κ2) is 5.71.